The Hall–Kier alpha value is -0.500. The number of halogens is 2. The van der Waals surface area contributed by atoms with Crippen molar-refractivity contribution in [3.63, 3.8) is 0 Å². The van der Waals surface area contributed by atoms with Gasteiger partial charge >= 0.3 is 0 Å². The standard InChI is InChI=1S/C14H16Cl2O/c15-11-8-5-9-12(16)13(11)14(17)10-6-3-1-2-4-7-10/h5-6,8-9,14,17H,1-4,7H2. The zero-order chi connectivity index (χ0) is 12.3. The molecule has 92 valence electrons. The third-order valence-corrected chi connectivity index (χ3v) is 3.86. The molecule has 1 atom stereocenters. The Kier molecular flexibility index (Phi) is 4.49. The summed E-state index contributed by atoms with van der Waals surface area (Å²) in [6.07, 6.45) is 7.00. The van der Waals surface area contributed by atoms with Crippen molar-refractivity contribution >= 4 is 23.2 Å². The maximum Gasteiger partial charge on any atom is 0.103 e. The largest absolute Gasteiger partial charge is 0.384 e. The number of rotatable bonds is 2. The molecule has 1 N–H and O–H groups in total. The van der Waals surface area contributed by atoms with Crippen LogP contribution in [0.2, 0.25) is 10.0 Å². The van der Waals surface area contributed by atoms with Crippen molar-refractivity contribution in [1.82, 2.24) is 0 Å². The number of aliphatic hydroxyl groups is 1. The Morgan fingerprint density at radius 2 is 1.76 bits per heavy atom. The second-order valence-electron chi connectivity index (χ2n) is 4.42. The first-order valence-electron chi connectivity index (χ1n) is 6.01. The van der Waals surface area contributed by atoms with Gasteiger partial charge in [0.15, 0.2) is 0 Å². The van der Waals surface area contributed by atoms with E-state index in [-0.39, 0.29) is 0 Å². The van der Waals surface area contributed by atoms with Gasteiger partial charge in [-0.1, -0.05) is 41.8 Å². The minimum atomic E-state index is -0.658. The summed E-state index contributed by atoms with van der Waals surface area (Å²) in [6.45, 7) is 0. The maximum atomic E-state index is 10.4. The van der Waals surface area contributed by atoms with Crippen molar-refractivity contribution in [2.75, 3.05) is 0 Å². The summed E-state index contributed by atoms with van der Waals surface area (Å²) < 4.78 is 0. The molecular weight excluding hydrogens is 255 g/mol. The molecule has 0 aromatic heterocycles. The molecule has 3 heteroatoms. The first kappa shape index (κ1) is 12.9. The summed E-state index contributed by atoms with van der Waals surface area (Å²) in [5, 5.41) is 11.5. The molecule has 0 spiro atoms. The van der Waals surface area contributed by atoms with E-state index in [9.17, 15) is 5.11 Å². The van der Waals surface area contributed by atoms with Crippen LogP contribution in [0.15, 0.2) is 29.8 Å². The Morgan fingerprint density at radius 3 is 2.47 bits per heavy atom. The Morgan fingerprint density at radius 1 is 1.06 bits per heavy atom. The van der Waals surface area contributed by atoms with E-state index in [1.54, 1.807) is 18.2 Å². The van der Waals surface area contributed by atoms with Crippen molar-refractivity contribution in [3.05, 3.63) is 45.5 Å². The molecule has 1 aromatic carbocycles. The van der Waals surface area contributed by atoms with Crippen LogP contribution in [-0.2, 0) is 0 Å². The minimum absolute atomic E-state index is 0.537. The van der Waals surface area contributed by atoms with Gasteiger partial charge in [0.05, 0.1) is 0 Å². The fourth-order valence-corrected chi connectivity index (χ4v) is 2.85. The summed E-state index contributed by atoms with van der Waals surface area (Å²) >= 11 is 12.2. The fraction of sp³-hybridized carbons (Fsp3) is 0.429. The highest BCUT2D eigenvalue weighted by Gasteiger charge is 2.19. The van der Waals surface area contributed by atoms with E-state index in [0.717, 1.165) is 24.8 Å². The van der Waals surface area contributed by atoms with E-state index in [2.05, 4.69) is 6.08 Å². The topological polar surface area (TPSA) is 20.2 Å². The van der Waals surface area contributed by atoms with Gasteiger partial charge in [-0.2, -0.15) is 0 Å². The van der Waals surface area contributed by atoms with Gasteiger partial charge in [0.2, 0.25) is 0 Å². The van der Waals surface area contributed by atoms with Crippen molar-refractivity contribution in [2.45, 2.75) is 38.2 Å². The normalized spacial score (nSPS) is 18.4. The maximum absolute atomic E-state index is 10.4. The second-order valence-corrected chi connectivity index (χ2v) is 5.23. The van der Waals surface area contributed by atoms with Gasteiger partial charge in [-0.25, -0.2) is 0 Å². The van der Waals surface area contributed by atoms with E-state index in [1.807, 2.05) is 0 Å². The highest BCUT2D eigenvalue weighted by Crippen LogP contribution is 2.36. The lowest BCUT2D eigenvalue weighted by atomic mass is 9.98. The molecule has 1 aliphatic carbocycles. The van der Waals surface area contributed by atoms with Gasteiger partial charge in [-0.3, -0.25) is 0 Å². The zero-order valence-corrected chi connectivity index (χ0v) is 11.1. The van der Waals surface area contributed by atoms with Crippen molar-refractivity contribution < 1.29 is 5.11 Å². The van der Waals surface area contributed by atoms with Crippen LogP contribution in [-0.4, -0.2) is 5.11 Å². The highest BCUT2D eigenvalue weighted by atomic mass is 35.5. The second kappa shape index (κ2) is 5.90. The highest BCUT2D eigenvalue weighted by molar-refractivity contribution is 6.36. The van der Waals surface area contributed by atoms with Crippen LogP contribution in [0.4, 0.5) is 0 Å². The number of benzene rings is 1. The number of hydrogen-bond acceptors (Lipinski definition) is 1. The molecule has 0 fully saturated rings. The molecule has 1 aromatic rings. The predicted octanol–water partition coefficient (Wildman–Crippen LogP) is 4.92. The van der Waals surface area contributed by atoms with Crippen molar-refractivity contribution in [3.8, 4) is 0 Å². The van der Waals surface area contributed by atoms with E-state index < -0.39 is 6.10 Å². The molecule has 0 saturated carbocycles. The van der Waals surface area contributed by atoms with E-state index in [1.165, 1.54) is 12.8 Å². The number of allylic oxidation sites excluding steroid dienone is 1. The lowest BCUT2D eigenvalue weighted by Crippen LogP contribution is -2.03. The smallest absolute Gasteiger partial charge is 0.103 e. The zero-order valence-electron chi connectivity index (χ0n) is 9.63. The molecule has 0 bridgehead atoms. The van der Waals surface area contributed by atoms with Crippen LogP contribution in [0.25, 0.3) is 0 Å². The van der Waals surface area contributed by atoms with Gasteiger partial charge in [0.25, 0.3) is 0 Å². The van der Waals surface area contributed by atoms with Crippen molar-refractivity contribution in [2.24, 2.45) is 0 Å². The Bertz CT molecular complexity index is 406. The molecule has 1 aliphatic rings. The third-order valence-electron chi connectivity index (χ3n) is 3.20. The SMILES string of the molecule is OC(C1=CCCCCC1)c1c(Cl)cccc1Cl. The number of aliphatic hydroxyl groups excluding tert-OH is 1. The summed E-state index contributed by atoms with van der Waals surface area (Å²) in [6, 6.07) is 5.33. The minimum Gasteiger partial charge on any atom is -0.384 e. The van der Waals surface area contributed by atoms with Crippen LogP contribution in [0, 0.1) is 0 Å². The van der Waals surface area contributed by atoms with E-state index in [4.69, 9.17) is 23.2 Å². The first-order valence-corrected chi connectivity index (χ1v) is 6.76. The monoisotopic (exact) mass is 270 g/mol. The summed E-state index contributed by atoms with van der Waals surface area (Å²) in [5.74, 6) is 0. The molecule has 0 saturated heterocycles. The van der Waals surface area contributed by atoms with Gasteiger partial charge in [0, 0.05) is 15.6 Å². The van der Waals surface area contributed by atoms with Gasteiger partial charge in [-0.15, -0.1) is 0 Å². The van der Waals surface area contributed by atoms with Gasteiger partial charge in [0.1, 0.15) is 6.10 Å². The van der Waals surface area contributed by atoms with Gasteiger partial charge in [-0.05, 0) is 43.4 Å². The fourth-order valence-electron chi connectivity index (χ4n) is 2.25. The molecule has 0 radical (unpaired) electrons. The van der Waals surface area contributed by atoms with Crippen LogP contribution in [0.3, 0.4) is 0 Å². The predicted molar refractivity (Wildman–Crippen MR) is 72.6 cm³/mol. The van der Waals surface area contributed by atoms with Crippen LogP contribution < -0.4 is 0 Å². The molecule has 0 aliphatic heterocycles. The molecular formula is C14H16Cl2O. The van der Waals surface area contributed by atoms with E-state index in [0.29, 0.717) is 15.6 Å². The first-order chi connectivity index (χ1) is 8.20. The molecule has 0 amide bonds. The number of hydrogen-bond donors (Lipinski definition) is 1. The van der Waals surface area contributed by atoms with Crippen LogP contribution in [0.1, 0.15) is 43.8 Å². The van der Waals surface area contributed by atoms with Gasteiger partial charge < -0.3 is 5.11 Å². The van der Waals surface area contributed by atoms with Crippen LogP contribution >= 0.6 is 23.2 Å². The summed E-state index contributed by atoms with van der Waals surface area (Å²) in [7, 11) is 0. The van der Waals surface area contributed by atoms with E-state index >= 15 is 0 Å². The molecule has 1 nitrogen and oxygen atoms in total. The molecule has 2 rings (SSSR count). The average molecular weight is 271 g/mol. The molecule has 1 unspecified atom stereocenters. The molecule has 0 heterocycles. The third kappa shape index (κ3) is 3.04. The van der Waals surface area contributed by atoms with Crippen LogP contribution in [0.5, 0.6) is 0 Å². The van der Waals surface area contributed by atoms with Crippen molar-refractivity contribution in [1.29, 1.82) is 0 Å². The lowest BCUT2D eigenvalue weighted by molar-refractivity contribution is 0.211. The Labute approximate surface area is 112 Å². The quantitative estimate of drug-likeness (QED) is 0.757. The summed E-state index contributed by atoms with van der Waals surface area (Å²) in [4.78, 5) is 0. The Balaban J connectivity index is 2.29. The average Bonchev–Trinajstić information content (AvgIpc) is 2.57. The lowest BCUT2D eigenvalue weighted by Gasteiger charge is -2.17. The summed E-state index contributed by atoms with van der Waals surface area (Å²) in [5.41, 5.74) is 1.70. The molecule has 17 heavy (non-hydrogen) atoms.